The molecule has 1 saturated carbocycles. The first-order valence-electron chi connectivity index (χ1n) is 13.0. The Morgan fingerprint density at radius 2 is 1.81 bits per heavy atom. The lowest BCUT2D eigenvalue weighted by Crippen LogP contribution is -2.16. The summed E-state index contributed by atoms with van der Waals surface area (Å²) < 4.78 is 1.80. The molecule has 0 radical (unpaired) electrons. The highest BCUT2D eigenvalue weighted by atomic mass is 32.1. The lowest BCUT2D eigenvalue weighted by molar-refractivity contribution is -0.118. The molecule has 4 aromatic rings. The molecular formula is C31H32N4OS. The number of nitrogens with zero attached hydrogens (tertiary/aromatic N) is 3. The van der Waals surface area contributed by atoms with Crippen molar-refractivity contribution in [2.45, 2.75) is 51.9 Å². The Labute approximate surface area is 224 Å². The highest BCUT2D eigenvalue weighted by molar-refractivity contribution is 7.80. The van der Waals surface area contributed by atoms with E-state index in [4.69, 9.17) is 12.2 Å². The molecule has 1 fully saturated rings. The maximum Gasteiger partial charge on any atom is 0.181 e. The molecule has 1 aromatic heterocycles. The molecule has 1 aliphatic carbocycles. The fourth-order valence-corrected chi connectivity index (χ4v) is 5.12. The second kappa shape index (κ2) is 11.2. The highest BCUT2D eigenvalue weighted by Gasteiger charge is 2.39. The first-order valence-corrected chi connectivity index (χ1v) is 13.4. The number of anilines is 1. The van der Waals surface area contributed by atoms with Crippen molar-refractivity contribution in [3.8, 4) is 17.1 Å². The smallest absolute Gasteiger partial charge is 0.181 e. The van der Waals surface area contributed by atoms with Crippen LogP contribution >= 0.6 is 12.2 Å². The standard InChI is InChI=1S/C31H32N4OS/c1-3-6-23-7-4-5-8-29(23)33-30(37)19-27(36)17-25-18-28(25)22-11-13-24(14-12-22)31-32-20-35(34-31)26-15-9-21(2)10-16-26/h4-5,7-16,20,25,28H,3,6,17-19H2,1-2H3,(H,33,37). The van der Waals surface area contributed by atoms with Gasteiger partial charge in [0, 0.05) is 17.7 Å². The van der Waals surface area contributed by atoms with Crippen molar-refractivity contribution >= 4 is 28.7 Å². The van der Waals surface area contributed by atoms with Gasteiger partial charge in [-0.15, -0.1) is 5.10 Å². The average Bonchev–Trinajstić information content (AvgIpc) is 3.47. The lowest BCUT2D eigenvalue weighted by Gasteiger charge is -2.12. The van der Waals surface area contributed by atoms with Gasteiger partial charge in [0.25, 0.3) is 0 Å². The third-order valence-corrected chi connectivity index (χ3v) is 7.21. The van der Waals surface area contributed by atoms with Crippen LogP contribution in [0.15, 0.2) is 79.1 Å². The summed E-state index contributed by atoms with van der Waals surface area (Å²) in [7, 11) is 0. The minimum atomic E-state index is 0.209. The monoisotopic (exact) mass is 508 g/mol. The topological polar surface area (TPSA) is 59.8 Å². The van der Waals surface area contributed by atoms with Gasteiger partial charge in [-0.1, -0.05) is 85.7 Å². The summed E-state index contributed by atoms with van der Waals surface area (Å²) in [5, 5.41) is 7.94. The third kappa shape index (κ3) is 6.20. The molecule has 188 valence electrons. The Morgan fingerprint density at radius 3 is 2.57 bits per heavy atom. The minimum Gasteiger partial charge on any atom is -0.349 e. The predicted molar refractivity (Wildman–Crippen MR) is 153 cm³/mol. The normalized spacial score (nSPS) is 16.4. The Morgan fingerprint density at radius 1 is 1.05 bits per heavy atom. The van der Waals surface area contributed by atoms with E-state index in [9.17, 15) is 4.79 Å². The van der Waals surface area contributed by atoms with Crippen LogP contribution in [0, 0.1) is 12.8 Å². The molecule has 1 N–H and O–H groups in total. The summed E-state index contributed by atoms with van der Waals surface area (Å²) in [6.07, 6.45) is 5.73. The number of Topliss-reactive ketones (excluding diaryl/α,β-unsaturated/α-hetero) is 1. The van der Waals surface area contributed by atoms with Gasteiger partial charge in [0.05, 0.1) is 17.1 Å². The minimum absolute atomic E-state index is 0.209. The number of thiocarbonyl (C=S) groups is 1. The Kier molecular flexibility index (Phi) is 7.56. The quantitative estimate of drug-likeness (QED) is 0.232. The molecule has 0 aliphatic heterocycles. The number of rotatable bonds is 10. The van der Waals surface area contributed by atoms with Crippen molar-refractivity contribution in [2.24, 2.45) is 5.92 Å². The van der Waals surface area contributed by atoms with Gasteiger partial charge in [-0.2, -0.15) is 0 Å². The maximum atomic E-state index is 12.7. The number of carbonyl (C=O) groups is 1. The van der Waals surface area contributed by atoms with Gasteiger partial charge in [-0.05, 0) is 60.9 Å². The number of hydrogen-bond donors (Lipinski definition) is 1. The van der Waals surface area contributed by atoms with E-state index >= 15 is 0 Å². The second-order valence-corrected chi connectivity index (χ2v) is 10.4. The van der Waals surface area contributed by atoms with E-state index in [0.717, 1.165) is 36.2 Å². The van der Waals surface area contributed by atoms with E-state index in [0.29, 0.717) is 35.5 Å². The van der Waals surface area contributed by atoms with E-state index in [2.05, 4.69) is 71.7 Å². The van der Waals surface area contributed by atoms with Crippen LogP contribution in [0.4, 0.5) is 5.69 Å². The number of aryl methyl sites for hydroxylation is 2. The van der Waals surface area contributed by atoms with Crippen molar-refractivity contribution in [1.82, 2.24) is 14.8 Å². The molecule has 5 rings (SSSR count). The number of hydrogen-bond acceptors (Lipinski definition) is 4. The molecule has 5 nitrogen and oxygen atoms in total. The summed E-state index contributed by atoms with van der Waals surface area (Å²) in [6, 6.07) is 24.9. The fraction of sp³-hybridized carbons (Fsp3) is 0.290. The Balaban J connectivity index is 1.13. The fourth-order valence-electron chi connectivity index (χ4n) is 4.85. The zero-order valence-corrected chi connectivity index (χ0v) is 22.2. The van der Waals surface area contributed by atoms with Crippen molar-refractivity contribution in [3.63, 3.8) is 0 Å². The van der Waals surface area contributed by atoms with E-state index in [1.165, 1.54) is 16.7 Å². The number of para-hydroxylation sites is 1. The Hall–Kier alpha value is -3.64. The number of aromatic nitrogens is 3. The molecule has 1 heterocycles. The van der Waals surface area contributed by atoms with E-state index < -0.39 is 0 Å². The molecule has 0 spiro atoms. The van der Waals surface area contributed by atoms with E-state index in [1.807, 2.05) is 30.3 Å². The van der Waals surface area contributed by atoms with Crippen molar-refractivity contribution in [2.75, 3.05) is 5.32 Å². The number of ketones is 1. The van der Waals surface area contributed by atoms with E-state index in [1.54, 1.807) is 11.0 Å². The molecule has 37 heavy (non-hydrogen) atoms. The number of nitrogens with one attached hydrogen (secondary N) is 1. The summed E-state index contributed by atoms with van der Waals surface area (Å²) in [6.45, 7) is 4.23. The third-order valence-electron chi connectivity index (χ3n) is 6.97. The van der Waals surface area contributed by atoms with Crippen LogP contribution in [-0.2, 0) is 11.2 Å². The molecule has 6 heteroatoms. The van der Waals surface area contributed by atoms with Crippen LogP contribution in [0.1, 0.15) is 55.2 Å². The van der Waals surface area contributed by atoms with Crippen LogP contribution in [-0.4, -0.2) is 25.5 Å². The zero-order chi connectivity index (χ0) is 25.8. The number of carbonyl (C=O) groups excluding carboxylic acids is 1. The average molecular weight is 509 g/mol. The van der Waals surface area contributed by atoms with Crippen molar-refractivity contribution in [1.29, 1.82) is 0 Å². The van der Waals surface area contributed by atoms with Gasteiger partial charge in [-0.25, -0.2) is 9.67 Å². The number of benzene rings is 3. The summed E-state index contributed by atoms with van der Waals surface area (Å²) in [4.78, 5) is 17.8. The van der Waals surface area contributed by atoms with Crippen molar-refractivity contribution < 1.29 is 4.79 Å². The summed E-state index contributed by atoms with van der Waals surface area (Å²) >= 11 is 5.51. The molecule has 1 aliphatic rings. The van der Waals surface area contributed by atoms with Crippen LogP contribution in [0.2, 0.25) is 0 Å². The first-order chi connectivity index (χ1) is 18.0. The van der Waals surface area contributed by atoms with Gasteiger partial charge in [0.2, 0.25) is 0 Å². The zero-order valence-electron chi connectivity index (χ0n) is 21.4. The van der Waals surface area contributed by atoms with Crippen LogP contribution in [0.5, 0.6) is 0 Å². The first kappa shape index (κ1) is 25.0. The molecule has 3 aromatic carbocycles. The summed E-state index contributed by atoms with van der Waals surface area (Å²) in [5.74, 6) is 1.74. The molecule has 0 amide bonds. The highest BCUT2D eigenvalue weighted by Crippen LogP contribution is 2.50. The molecule has 2 unspecified atom stereocenters. The van der Waals surface area contributed by atoms with Gasteiger partial charge in [0.1, 0.15) is 12.1 Å². The lowest BCUT2D eigenvalue weighted by atomic mass is 10.0. The second-order valence-electron chi connectivity index (χ2n) is 9.95. The van der Waals surface area contributed by atoms with Gasteiger partial charge >= 0.3 is 0 Å². The maximum absolute atomic E-state index is 12.7. The van der Waals surface area contributed by atoms with Gasteiger partial charge in [-0.3, -0.25) is 4.79 Å². The van der Waals surface area contributed by atoms with Gasteiger partial charge in [0.15, 0.2) is 5.82 Å². The predicted octanol–water partition coefficient (Wildman–Crippen LogP) is 7.09. The largest absolute Gasteiger partial charge is 0.349 e. The van der Waals surface area contributed by atoms with Crippen LogP contribution in [0.25, 0.3) is 17.1 Å². The molecule has 0 saturated heterocycles. The summed E-state index contributed by atoms with van der Waals surface area (Å²) in [5.41, 5.74) is 6.72. The van der Waals surface area contributed by atoms with Crippen LogP contribution in [0.3, 0.4) is 0 Å². The van der Waals surface area contributed by atoms with Crippen molar-refractivity contribution in [3.05, 3.63) is 95.8 Å². The van der Waals surface area contributed by atoms with E-state index in [-0.39, 0.29) is 5.78 Å². The van der Waals surface area contributed by atoms with Crippen LogP contribution < -0.4 is 5.32 Å². The molecule has 0 bridgehead atoms. The van der Waals surface area contributed by atoms with Gasteiger partial charge < -0.3 is 5.32 Å². The molecular weight excluding hydrogens is 476 g/mol. The molecule has 2 atom stereocenters. The SMILES string of the molecule is CCCc1ccccc1NC(=S)CC(=O)CC1CC1c1ccc(-c2ncn(-c3ccc(C)cc3)n2)cc1. The Bertz CT molecular complexity index is 1390.